The van der Waals surface area contributed by atoms with Gasteiger partial charge in [0.25, 0.3) is 5.91 Å². The number of carbonyl (C=O) groups is 2. The van der Waals surface area contributed by atoms with Gasteiger partial charge in [0.05, 0.1) is 0 Å². The zero-order valence-corrected chi connectivity index (χ0v) is 14.1. The van der Waals surface area contributed by atoms with Gasteiger partial charge in [-0.3, -0.25) is 9.59 Å². The third-order valence-corrected chi connectivity index (χ3v) is 4.97. The largest absolute Gasteiger partial charge is 0.364 e. The predicted octanol–water partition coefficient (Wildman–Crippen LogP) is 3.50. The molecule has 2 aromatic rings. The molecule has 1 saturated carbocycles. The third kappa shape index (κ3) is 4.11. The Labute approximate surface area is 144 Å². The number of hydrogen-bond donors (Lipinski definition) is 3. The zero-order chi connectivity index (χ0) is 16.9. The van der Waals surface area contributed by atoms with Crippen LogP contribution >= 0.6 is 11.3 Å². The molecule has 1 aromatic heterocycles. The summed E-state index contributed by atoms with van der Waals surface area (Å²) in [4.78, 5) is 28.0. The van der Waals surface area contributed by atoms with Gasteiger partial charge >= 0.3 is 0 Å². The van der Waals surface area contributed by atoms with Gasteiger partial charge in [0.1, 0.15) is 5.00 Å². The molecular weight excluding hydrogens is 324 g/mol. The molecule has 0 radical (unpaired) electrons. The van der Waals surface area contributed by atoms with Crippen LogP contribution in [-0.2, 0) is 4.79 Å². The lowest BCUT2D eigenvalue weighted by Crippen LogP contribution is -2.18. The van der Waals surface area contributed by atoms with Crippen molar-refractivity contribution in [1.82, 2.24) is 4.98 Å². The molecule has 3 rings (SSSR count). The number of nitrogens with one attached hydrogen (secondary N) is 2. The van der Waals surface area contributed by atoms with Crippen LogP contribution in [-0.4, -0.2) is 16.8 Å². The minimum atomic E-state index is -0.650. The molecule has 1 aliphatic carbocycles. The molecule has 1 heterocycles. The van der Waals surface area contributed by atoms with Gasteiger partial charge in [0.2, 0.25) is 5.91 Å². The second-order valence-corrected chi connectivity index (χ2v) is 6.95. The molecule has 4 N–H and O–H groups in total. The van der Waals surface area contributed by atoms with Crippen molar-refractivity contribution in [2.24, 2.45) is 11.7 Å². The smallest absolute Gasteiger partial charge is 0.270 e. The first-order valence-corrected chi connectivity index (χ1v) is 8.86. The Morgan fingerprint density at radius 1 is 1.21 bits per heavy atom. The van der Waals surface area contributed by atoms with E-state index >= 15 is 0 Å². The van der Waals surface area contributed by atoms with Crippen molar-refractivity contribution in [3.05, 3.63) is 36.0 Å². The molecule has 2 amide bonds. The average Bonchev–Trinajstić information content (AvgIpc) is 3.18. The minimum Gasteiger partial charge on any atom is -0.364 e. The van der Waals surface area contributed by atoms with E-state index in [9.17, 15) is 9.59 Å². The van der Waals surface area contributed by atoms with E-state index in [2.05, 4.69) is 15.6 Å². The molecule has 0 saturated heterocycles. The summed E-state index contributed by atoms with van der Waals surface area (Å²) < 4.78 is 0. The van der Waals surface area contributed by atoms with Crippen LogP contribution in [0, 0.1) is 5.92 Å². The van der Waals surface area contributed by atoms with Gasteiger partial charge in [0, 0.05) is 12.1 Å². The number of amides is 2. The first kappa shape index (κ1) is 16.4. The van der Waals surface area contributed by atoms with Gasteiger partial charge in [-0.1, -0.05) is 42.4 Å². The highest BCUT2D eigenvalue weighted by atomic mass is 32.1. The lowest BCUT2D eigenvalue weighted by Gasteiger charge is -2.08. The van der Waals surface area contributed by atoms with E-state index in [0.29, 0.717) is 22.5 Å². The maximum absolute atomic E-state index is 12.2. The summed E-state index contributed by atoms with van der Waals surface area (Å²) in [7, 11) is 0. The quantitative estimate of drug-likeness (QED) is 0.747. The van der Waals surface area contributed by atoms with Gasteiger partial charge in [-0.25, -0.2) is 4.98 Å². The molecule has 0 bridgehead atoms. The van der Waals surface area contributed by atoms with Gasteiger partial charge in [-0.2, -0.15) is 0 Å². The Bertz CT molecular complexity index is 723. The standard InChI is InChI=1S/C17H20N4O2S/c18-15(23)14-16(20-13(22)10-11-6-4-5-7-11)24-17(21-14)19-12-8-2-1-3-9-12/h1-3,8-9,11H,4-7,10H2,(H2,18,23)(H,19,21)(H,20,22). The Morgan fingerprint density at radius 3 is 2.58 bits per heavy atom. The molecule has 0 atom stereocenters. The number of benzene rings is 1. The summed E-state index contributed by atoms with van der Waals surface area (Å²) in [5.74, 6) is -0.292. The molecule has 24 heavy (non-hydrogen) atoms. The summed E-state index contributed by atoms with van der Waals surface area (Å²) in [6.07, 6.45) is 5.06. The van der Waals surface area contributed by atoms with Crippen molar-refractivity contribution in [3.63, 3.8) is 0 Å². The summed E-state index contributed by atoms with van der Waals surface area (Å²) in [5.41, 5.74) is 6.34. The fraction of sp³-hybridized carbons (Fsp3) is 0.353. The number of rotatable bonds is 6. The van der Waals surface area contributed by atoms with Crippen LogP contribution in [0.3, 0.4) is 0 Å². The van der Waals surface area contributed by atoms with Crippen LogP contribution in [0.25, 0.3) is 0 Å². The fourth-order valence-electron chi connectivity index (χ4n) is 2.92. The summed E-state index contributed by atoms with van der Waals surface area (Å²) in [6, 6.07) is 9.49. The van der Waals surface area contributed by atoms with Crippen molar-refractivity contribution in [2.45, 2.75) is 32.1 Å². The second kappa shape index (κ2) is 7.44. The molecular formula is C17H20N4O2S. The van der Waals surface area contributed by atoms with E-state index in [4.69, 9.17) is 5.73 Å². The summed E-state index contributed by atoms with van der Waals surface area (Å²) in [5, 5.41) is 6.84. The van der Waals surface area contributed by atoms with E-state index in [0.717, 1.165) is 18.5 Å². The average molecular weight is 344 g/mol. The molecule has 1 aliphatic rings. The number of aromatic nitrogens is 1. The van der Waals surface area contributed by atoms with E-state index in [1.54, 1.807) is 0 Å². The number of anilines is 3. The molecule has 1 fully saturated rings. The molecule has 0 unspecified atom stereocenters. The predicted molar refractivity (Wildman–Crippen MR) is 95.6 cm³/mol. The van der Waals surface area contributed by atoms with Crippen LogP contribution in [0.2, 0.25) is 0 Å². The second-order valence-electron chi connectivity index (χ2n) is 5.95. The zero-order valence-electron chi connectivity index (χ0n) is 13.2. The molecule has 0 spiro atoms. The van der Waals surface area contributed by atoms with Crippen LogP contribution in [0.1, 0.15) is 42.6 Å². The van der Waals surface area contributed by atoms with Crippen molar-refractivity contribution in [3.8, 4) is 0 Å². The Kier molecular flexibility index (Phi) is 5.10. The van der Waals surface area contributed by atoms with Gasteiger partial charge in [-0.05, 0) is 30.9 Å². The highest BCUT2D eigenvalue weighted by Crippen LogP contribution is 2.32. The maximum atomic E-state index is 12.2. The number of nitrogens with two attached hydrogens (primary N) is 1. The summed E-state index contributed by atoms with van der Waals surface area (Å²) >= 11 is 1.21. The van der Waals surface area contributed by atoms with Crippen molar-refractivity contribution in [2.75, 3.05) is 10.6 Å². The highest BCUT2D eigenvalue weighted by molar-refractivity contribution is 7.20. The molecule has 6 nitrogen and oxygen atoms in total. The summed E-state index contributed by atoms with van der Waals surface area (Å²) in [6.45, 7) is 0. The number of nitrogens with zero attached hydrogens (tertiary/aromatic N) is 1. The first-order chi connectivity index (χ1) is 11.6. The van der Waals surface area contributed by atoms with Crippen molar-refractivity contribution in [1.29, 1.82) is 0 Å². The number of hydrogen-bond acceptors (Lipinski definition) is 5. The Balaban J connectivity index is 1.71. The fourth-order valence-corrected chi connectivity index (χ4v) is 3.83. The highest BCUT2D eigenvalue weighted by Gasteiger charge is 2.22. The molecule has 0 aliphatic heterocycles. The first-order valence-electron chi connectivity index (χ1n) is 8.04. The van der Waals surface area contributed by atoms with Crippen LogP contribution < -0.4 is 16.4 Å². The van der Waals surface area contributed by atoms with E-state index in [1.165, 1.54) is 24.2 Å². The SMILES string of the molecule is NC(=O)c1nc(Nc2ccccc2)sc1NC(=O)CC1CCCC1. The lowest BCUT2D eigenvalue weighted by molar-refractivity contribution is -0.117. The normalized spacial score (nSPS) is 14.5. The molecule has 7 heteroatoms. The number of para-hydroxylation sites is 1. The van der Waals surface area contributed by atoms with E-state index in [1.807, 2.05) is 30.3 Å². The minimum absolute atomic E-state index is 0.0840. The number of primary amides is 1. The van der Waals surface area contributed by atoms with Crippen LogP contribution in [0.15, 0.2) is 30.3 Å². The van der Waals surface area contributed by atoms with E-state index in [-0.39, 0.29) is 11.6 Å². The number of thiazole rings is 1. The van der Waals surface area contributed by atoms with Crippen LogP contribution in [0.5, 0.6) is 0 Å². The Hall–Kier alpha value is -2.41. The maximum Gasteiger partial charge on any atom is 0.270 e. The molecule has 1 aromatic carbocycles. The van der Waals surface area contributed by atoms with Gasteiger partial charge in [-0.15, -0.1) is 0 Å². The monoisotopic (exact) mass is 344 g/mol. The lowest BCUT2D eigenvalue weighted by atomic mass is 10.0. The Morgan fingerprint density at radius 2 is 1.92 bits per heavy atom. The topological polar surface area (TPSA) is 97.1 Å². The molecule has 126 valence electrons. The van der Waals surface area contributed by atoms with Gasteiger partial charge < -0.3 is 16.4 Å². The third-order valence-electron chi connectivity index (χ3n) is 4.09. The van der Waals surface area contributed by atoms with Gasteiger partial charge in [0.15, 0.2) is 10.8 Å². The van der Waals surface area contributed by atoms with Crippen LogP contribution in [0.4, 0.5) is 15.8 Å². The number of carbonyl (C=O) groups excluding carboxylic acids is 2. The van der Waals surface area contributed by atoms with E-state index < -0.39 is 5.91 Å². The van der Waals surface area contributed by atoms with Crippen molar-refractivity contribution < 1.29 is 9.59 Å². The van der Waals surface area contributed by atoms with Crippen molar-refractivity contribution >= 4 is 39.0 Å².